The summed E-state index contributed by atoms with van der Waals surface area (Å²) in [6, 6.07) is 9.84. The van der Waals surface area contributed by atoms with Crippen molar-refractivity contribution < 1.29 is 14.3 Å². The maximum Gasteiger partial charge on any atom is 0.330 e. The number of rotatable bonds is 5. The molecular formula is C18H20N2O5S. The van der Waals surface area contributed by atoms with E-state index in [9.17, 15) is 14.4 Å². The Kier molecular flexibility index (Phi) is 5.63. The van der Waals surface area contributed by atoms with Crippen molar-refractivity contribution in [1.82, 2.24) is 9.55 Å². The zero-order chi connectivity index (χ0) is 18.7. The van der Waals surface area contributed by atoms with E-state index < -0.39 is 17.5 Å². The zero-order valence-corrected chi connectivity index (χ0v) is 15.3. The van der Waals surface area contributed by atoms with E-state index in [2.05, 4.69) is 4.98 Å². The number of thioether (sulfide) groups is 1. The molecule has 1 aliphatic heterocycles. The minimum atomic E-state index is -0.528. The number of carbonyl (C=O) groups excluding carboxylic acids is 1. The molecule has 138 valence electrons. The van der Waals surface area contributed by atoms with Gasteiger partial charge in [0.15, 0.2) is 0 Å². The quantitative estimate of drug-likeness (QED) is 0.801. The highest BCUT2D eigenvalue weighted by Gasteiger charge is 2.38. The van der Waals surface area contributed by atoms with Crippen LogP contribution in [0.25, 0.3) is 0 Å². The molecule has 3 rings (SSSR count). The lowest BCUT2D eigenvalue weighted by Gasteiger charge is -2.18. The average molecular weight is 376 g/mol. The van der Waals surface area contributed by atoms with Crippen LogP contribution in [-0.2, 0) is 14.3 Å². The molecule has 1 fully saturated rings. The van der Waals surface area contributed by atoms with Crippen LogP contribution in [0.1, 0.15) is 25.1 Å². The summed E-state index contributed by atoms with van der Waals surface area (Å²) in [6.45, 7) is 3.10. The highest BCUT2D eigenvalue weighted by Crippen LogP contribution is 2.39. The molecule has 0 saturated carbocycles. The van der Waals surface area contributed by atoms with Gasteiger partial charge in [-0.05, 0) is 19.1 Å². The van der Waals surface area contributed by atoms with Crippen LogP contribution in [0.5, 0.6) is 0 Å². The molecule has 1 aromatic heterocycles. The minimum Gasteiger partial charge on any atom is -0.463 e. The Morgan fingerprint density at radius 1 is 1.35 bits per heavy atom. The molecule has 0 bridgehead atoms. The molecule has 1 aliphatic rings. The lowest BCUT2D eigenvalue weighted by Crippen LogP contribution is -2.33. The number of aryl methyl sites for hydroxylation is 1. The van der Waals surface area contributed by atoms with Crippen molar-refractivity contribution >= 4 is 17.7 Å². The van der Waals surface area contributed by atoms with E-state index >= 15 is 0 Å². The summed E-state index contributed by atoms with van der Waals surface area (Å²) >= 11 is 1.62. The van der Waals surface area contributed by atoms with Crippen molar-refractivity contribution in [3.05, 3.63) is 62.9 Å². The van der Waals surface area contributed by atoms with E-state index in [0.29, 0.717) is 12.0 Å². The number of hydrogen-bond acceptors (Lipinski definition) is 6. The monoisotopic (exact) mass is 376 g/mol. The SMILES string of the molecule is CC(=O)OC[C@H]1O[C@@H](n2cc(C)c(=O)[nH]c2=O)C[C@@H]1Sc1ccccc1. The number of nitrogens with zero attached hydrogens (tertiary/aromatic N) is 1. The van der Waals surface area contributed by atoms with Gasteiger partial charge in [0, 0.05) is 35.3 Å². The van der Waals surface area contributed by atoms with Crippen molar-refractivity contribution in [3.63, 3.8) is 0 Å². The normalized spacial score (nSPS) is 22.3. The van der Waals surface area contributed by atoms with E-state index in [-0.39, 0.29) is 23.9 Å². The predicted molar refractivity (Wildman–Crippen MR) is 97.3 cm³/mol. The van der Waals surface area contributed by atoms with Crippen molar-refractivity contribution in [1.29, 1.82) is 0 Å². The number of aromatic amines is 1. The fourth-order valence-electron chi connectivity index (χ4n) is 2.82. The number of benzene rings is 1. The van der Waals surface area contributed by atoms with Crippen LogP contribution in [0.15, 0.2) is 51.0 Å². The fraction of sp³-hybridized carbons (Fsp3) is 0.389. The van der Waals surface area contributed by atoms with Gasteiger partial charge in [-0.3, -0.25) is 19.1 Å². The zero-order valence-electron chi connectivity index (χ0n) is 14.5. The summed E-state index contributed by atoms with van der Waals surface area (Å²) in [5.74, 6) is -0.377. The van der Waals surface area contributed by atoms with Crippen LogP contribution >= 0.6 is 11.8 Å². The smallest absolute Gasteiger partial charge is 0.330 e. The molecule has 0 radical (unpaired) electrons. The fourth-order valence-corrected chi connectivity index (χ4v) is 4.04. The van der Waals surface area contributed by atoms with Gasteiger partial charge in [-0.2, -0.15) is 0 Å². The number of aromatic nitrogens is 2. The lowest BCUT2D eigenvalue weighted by atomic mass is 10.2. The van der Waals surface area contributed by atoms with Crippen LogP contribution in [0.4, 0.5) is 0 Å². The number of H-pyrrole nitrogens is 1. The van der Waals surface area contributed by atoms with Gasteiger partial charge in [0.2, 0.25) is 0 Å². The third kappa shape index (κ3) is 4.25. The summed E-state index contributed by atoms with van der Waals surface area (Å²) < 4.78 is 12.5. The molecule has 0 spiro atoms. The maximum atomic E-state index is 12.2. The third-order valence-corrected chi connectivity index (χ3v) is 5.46. The maximum absolute atomic E-state index is 12.2. The number of esters is 1. The molecule has 1 saturated heterocycles. The molecule has 0 amide bonds. The molecule has 2 aromatic rings. The van der Waals surface area contributed by atoms with E-state index in [4.69, 9.17) is 9.47 Å². The number of nitrogens with one attached hydrogen (secondary N) is 1. The van der Waals surface area contributed by atoms with Crippen LogP contribution in [0.2, 0.25) is 0 Å². The Bertz CT molecular complexity index is 892. The van der Waals surface area contributed by atoms with Gasteiger partial charge in [-0.1, -0.05) is 18.2 Å². The second kappa shape index (κ2) is 7.92. The molecule has 3 atom stereocenters. The summed E-state index contributed by atoms with van der Waals surface area (Å²) in [4.78, 5) is 38.3. The van der Waals surface area contributed by atoms with E-state index in [0.717, 1.165) is 4.90 Å². The lowest BCUT2D eigenvalue weighted by molar-refractivity contribution is -0.145. The first-order valence-electron chi connectivity index (χ1n) is 8.26. The van der Waals surface area contributed by atoms with Gasteiger partial charge in [0.25, 0.3) is 5.56 Å². The van der Waals surface area contributed by atoms with Gasteiger partial charge in [0.1, 0.15) is 18.9 Å². The second-order valence-corrected chi connectivity index (χ2v) is 7.43. The molecule has 26 heavy (non-hydrogen) atoms. The third-order valence-electron chi connectivity index (χ3n) is 4.12. The molecule has 1 aromatic carbocycles. The molecule has 7 nitrogen and oxygen atoms in total. The topological polar surface area (TPSA) is 90.4 Å². The first kappa shape index (κ1) is 18.5. The van der Waals surface area contributed by atoms with Crippen molar-refractivity contribution in [3.8, 4) is 0 Å². The summed E-state index contributed by atoms with van der Waals surface area (Å²) in [7, 11) is 0. The van der Waals surface area contributed by atoms with Crippen molar-refractivity contribution in [2.75, 3.05) is 6.61 Å². The van der Waals surface area contributed by atoms with Gasteiger partial charge < -0.3 is 9.47 Å². The van der Waals surface area contributed by atoms with Gasteiger partial charge in [-0.25, -0.2) is 4.79 Å². The Hall–Kier alpha value is -2.32. The first-order valence-corrected chi connectivity index (χ1v) is 9.14. The van der Waals surface area contributed by atoms with Gasteiger partial charge in [0.05, 0.1) is 0 Å². The van der Waals surface area contributed by atoms with Gasteiger partial charge >= 0.3 is 11.7 Å². The van der Waals surface area contributed by atoms with E-state index in [1.807, 2.05) is 30.3 Å². The largest absolute Gasteiger partial charge is 0.463 e. The second-order valence-electron chi connectivity index (χ2n) is 6.12. The number of carbonyl (C=O) groups is 1. The standard InChI is InChI=1S/C18H20N2O5S/c1-11-9-20(18(23)19-17(11)22)16-8-15(14(25-16)10-24-12(2)21)26-13-6-4-3-5-7-13/h3-7,9,14-16H,8,10H2,1-2H3,(H,19,22,23)/t14-,15+,16-/m1/s1. The van der Waals surface area contributed by atoms with Crippen LogP contribution in [0, 0.1) is 6.92 Å². The van der Waals surface area contributed by atoms with Crippen molar-refractivity contribution in [2.45, 2.75) is 42.7 Å². The summed E-state index contributed by atoms with van der Waals surface area (Å²) in [6.07, 6.45) is 1.18. The van der Waals surface area contributed by atoms with Crippen molar-refractivity contribution in [2.24, 2.45) is 0 Å². The molecular weight excluding hydrogens is 356 g/mol. The highest BCUT2D eigenvalue weighted by atomic mass is 32.2. The summed E-state index contributed by atoms with van der Waals surface area (Å²) in [5, 5.41) is 0.000819. The Morgan fingerprint density at radius 3 is 2.77 bits per heavy atom. The first-order chi connectivity index (χ1) is 12.4. The molecule has 2 heterocycles. The molecule has 0 aliphatic carbocycles. The number of ether oxygens (including phenoxy) is 2. The van der Waals surface area contributed by atoms with Crippen LogP contribution in [0.3, 0.4) is 0 Å². The predicted octanol–water partition coefficient (Wildman–Crippen LogP) is 1.86. The highest BCUT2D eigenvalue weighted by molar-refractivity contribution is 8.00. The van der Waals surface area contributed by atoms with E-state index in [1.165, 1.54) is 17.7 Å². The molecule has 1 N–H and O–H groups in total. The van der Waals surface area contributed by atoms with E-state index in [1.54, 1.807) is 18.7 Å². The Labute approximate surface area is 154 Å². The molecule has 8 heteroatoms. The summed E-state index contributed by atoms with van der Waals surface area (Å²) in [5.41, 5.74) is -0.484. The minimum absolute atomic E-state index is 0.000819. The van der Waals surface area contributed by atoms with Crippen LogP contribution in [-0.4, -0.2) is 33.5 Å². The Morgan fingerprint density at radius 2 is 2.08 bits per heavy atom. The van der Waals surface area contributed by atoms with Gasteiger partial charge in [-0.15, -0.1) is 11.8 Å². The average Bonchev–Trinajstić information content (AvgIpc) is 2.99. The van der Waals surface area contributed by atoms with Crippen LogP contribution < -0.4 is 11.2 Å². The number of hydrogen-bond donors (Lipinski definition) is 1. The molecule has 0 unspecified atom stereocenters. The Balaban J connectivity index is 1.83.